The van der Waals surface area contributed by atoms with Gasteiger partial charge in [-0.2, -0.15) is 0 Å². The van der Waals surface area contributed by atoms with Crippen molar-refractivity contribution < 1.29 is 29.0 Å². The summed E-state index contributed by atoms with van der Waals surface area (Å²) in [7, 11) is 0. The third-order valence-corrected chi connectivity index (χ3v) is 10.7. The van der Waals surface area contributed by atoms with Gasteiger partial charge in [0.05, 0.1) is 53.6 Å². The number of aromatic nitrogens is 1. The molecule has 2 heterocycles. The molecule has 1 saturated heterocycles. The van der Waals surface area contributed by atoms with Crippen molar-refractivity contribution in [1.29, 1.82) is 0 Å². The molecular weight excluding hydrogens is 707 g/mol. The number of primary amides is 1. The lowest BCUT2D eigenvalue weighted by Crippen LogP contribution is -2.48. The van der Waals surface area contributed by atoms with Crippen LogP contribution in [-0.4, -0.2) is 82.7 Å². The number of unbranched alkanes of at least 4 members (excludes halogenated alkanes) is 1. The lowest BCUT2D eigenvalue weighted by Gasteiger charge is -2.32. The van der Waals surface area contributed by atoms with Crippen LogP contribution in [0.15, 0.2) is 54.0 Å². The van der Waals surface area contributed by atoms with Gasteiger partial charge in [0.1, 0.15) is 0 Å². The minimum atomic E-state index is -0.779. The predicted octanol–water partition coefficient (Wildman–Crippen LogP) is 3.30. The van der Waals surface area contributed by atoms with Gasteiger partial charge in [-0.3, -0.25) is 24.1 Å². The first-order valence-electron chi connectivity index (χ1n) is 18.6. The van der Waals surface area contributed by atoms with E-state index in [-0.39, 0.29) is 55.4 Å². The van der Waals surface area contributed by atoms with Crippen molar-refractivity contribution in [2.45, 2.75) is 110 Å². The number of ether oxygens (including phenoxy) is 1. The minimum Gasteiger partial charge on any atom is -0.392 e. The first-order valence-corrected chi connectivity index (χ1v) is 19.5. The molecule has 13 nitrogen and oxygen atoms in total. The number of carbonyl (C=O) groups excluding carboxylic acids is 4. The highest BCUT2D eigenvalue weighted by Gasteiger charge is 2.36. The SMILES string of the molecule is Cc1ncsc1-c1ccc(CNC(=O)[C@@H]2C[C@@H](O)CN2COC[C@@H](NC(=O)CCCCc2ccc(CNC(=O)[C@@H](N)CCC(N)=O)cc2)C(C)(C)C)cc1. The van der Waals surface area contributed by atoms with Gasteiger partial charge in [-0.05, 0) is 66.7 Å². The van der Waals surface area contributed by atoms with Crippen LogP contribution in [0.2, 0.25) is 0 Å². The maximum atomic E-state index is 13.2. The van der Waals surface area contributed by atoms with Crippen molar-refractivity contribution in [2.24, 2.45) is 16.9 Å². The van der Waals surface area contributed by atoms with Crippen molar-refractivity contribution in [2.75, 3.05) is 19.9 Å². The highest BCUT2D eigenvalue weighted by molar-refractivity contribution is 7.13. The highest BCUT2D eigenvalue weighted by atomic mass is 32.1. The highest BCUT2D eigenvalue weighted by Crippen LogP contribution is 2.27. The third-order valence-electron chi connectivity index (χ3n) is 9.68. The fraction of sp³-hybridized carbons (Fsp3) is 0.525. The molecule has 4 atom stereocenters. The Balaban J connectivity index is 1.15. The summed E-state index contributed by atoms with van der Waals surface area (Å²) in [4.78, 5) is 56.5. The van der Waals surface area contributed by atoms with Crippen molar-refractivity contribution >= 4 is 35.0 Å². The van der Waals surface area contributed by atoms with E-state index in [0.29, 0.717) is 32.5 Å². The van der Waals surface area contributed by atoms with E-state index in [2.05, 4.69) is 41.7 Å². The van der Waals surface area contributed by atoms with Gasteiger partial charge in [0.2, 0.25) is 23.6 Å². The number of β-amino-alcohol motifs (C(OH)–C–C–N with tert-alkyl or cyclic N) is 1. The average molecular weight is 764 g/mol. The Kier molecular flexibility index (Phi) is 16.1. The number of carbonyl (C=O) groups is 4. The summed E-state index contributed by atoms with van der Waals surface area (Å²) in [5, 5.41) is 19.4. The number of thiazole rings is 1. The second-order valence-corrected chi connectivity index (χ2v) is 16.1. The monoisotopic (exact) mass is 763 g/mol. The number of amides is 4. The molecule has 2 aromatic carbocycles. The normalized spacial score (nSPS) is 17.1. The molecule has 4 rings (SSSR count). The zero-order valence-corrected chi connectivity index (χ0v) is 32.8. The molecule has 4 amide bonds. The Morgan fingerprint density at radius 3 is 2.26 bits per heavy atom. The smallest absolute Gasteiger partial charge is 0.237 e. The molecule has 14 heteroatoms. The Bertz CT molecular complexity index is 1670. The molecule has 0 spiro atoms. The van der Waals surface area contributed by atoms with Gasteiger partial charge in [-0.15, -0.1) is 11.3 Å². The summed E-state index contributed by atoms with van der Waals surface area (Å²) in [5.74, 6) is -1.00. The van der Waals surface area contributed by atoms with E-state index in [4.69, 9.17) is 16.2 Å². The number of hydrogen-bond acceptors (Lipinski definition) is 10. The lowest BCUT2D eigenvalue weighted by molar-refractivity contribution is -0.128. The number of hydrogen-bond donors (Lipinski definition) is 6. The molecule has 1 aliphatic rings. The van der Waals surface area contributed by atoms with Crippen molar-refractivity contribution in [3.63, 3.8) is 0 Å². The van der Waals surface area contributed by atoms with E-state index >= 15 is 0 Å². The van der Waals surface area contributed by atoms with E-state index in [1.54, 1.807) is 11.3 Å². The minimum absolute atomic E-state index is 0.0391. The number of benzene rings is 2. The third kappa shape index (κ3) is 13.6. The van der Waals surface area contributed by atoms with Crippen LogP contribution in [0.3, 0.4) is 0 Å². The second kappa shape index (κ2) is 20.5. The molecule has 0 saturated carbocycles. The van der Waals surface area contributed by atoms with Gasteiger partial charge in [0, 0.05) is 32.5 Å². The van der Waals surface area contributed by atoms with Gasteiger partial charge in [0.15, 0.2) is 0 Å². The van der Waals surface area contributed by atoms with Gasteiger partial charge in [0.25, 0.3) is 0 Å². The summed E-state index contributed by atoms with van der Waals surface area (Å²) in [6.07, 6.45) is 2.76. The Hall–Kier alpha value is -4.21. The van der Waals surface area contributed by atoms with Crippen molar-refractivity contribution in [3.8, 4) is 10.4 Å². The fourth-order valence-electron chi connectivity index (χ4n) is 6.20. The molecule has 3 aromatic rings. The Morgan fingerprint density at radius 2 is 1.63 bits per heavy atom. The van der Waals surface area contributed by atoms with Gasteiger partial charge < -0.3 is 37.3 Å². The fourth-order valence-corrected chi connectivity index (χ4v) is 7.02. The summed E-state index contributed by atoms with van der Waals surface area (Å²) in [6.45, 7) is 9.63. The number of nitrogens with two attached hydrogens (primary N) is 2. The van der Waals surface area contributed by atoms with Crippen LogP contribution in [0.5, 0.6) is 0 Å². The summed E-state index contributed by atoms with van der Waals surface area (Å²) in [6, 6.07) is 14.5. The van der Waals surface area contributed by atoms with Gasteiger partial charge in [-0.1, -0.05) is 69.3 Å². The molecule has 0 unspecified atom stereocenters. The van der Waals surface area contributed by atoms with Gasteiger partial charge in [-0.25, -0.2) is 4.98 Å². The molecule has 1 fully saturated rings. The van der Waals surface area contributed by atoms with Crippen LogP contribution in [0.1, 0.15) is 81.7 Å². The number of rotatable bonds is 20. The lowest BCUT2D eigenvalue weighted by atomic mass is 9.87. The number of likely N-dealkylation sites (tertiary alicyclic amines) is 1. The van der Waals surface area contributed by atoms with Gasteiger partial charge >= 0.3 is 0 Å². The average Bonchev–Trinajstić information content (AvgIpc) is 3.74. The first-order chi connectivity index (χ1) is 25.7. The van der Waals surface area contributed by atoms with Crippen LogP contribution < -0.4 is 27.4 Å². The summed E-state index contributed by atoms with van der Waals surface area (Å²) >= 11 is 1.60. The molecule has 0 bridgehead atoms. The molecule has 294 valence electrons. The Morgan fingerprint density at radius 1 is 0.981 bits per heavy atom. The number of aliphatic hydroxyl groups excluding tert-OH is 1. The van der Waals surface area contributed by atoms with Crippen LogP contribution in [0, 0.1) is 12.3 Å². The number of aryl methyl sites for hydroxylation is 2. The van der Waals surface area contributed by atoms with Crippen LogP contribution >= 0.6 is 11.3 Å². The maximum absolute atomic E-state index is 13.2. The maximum Gasteiger partial charge on any atom is 0.237 e. The second-order valence-electron chi connectivity index (χ2n) is 15.2. The van der Waals surface area contributed by atoms with Crippen LogP contribution in [0.25, 0.3) is 10.4 Å². The molecule has 1 aromatic heterocycles. The zero-order chi connectivity index (χ0) is 39.3. The summed E-state index contributed by atoms with van der Waals surface area (Å²) in [5.41, 5.74) is 17.7. The van der Waals surface area contributed by atoms with Crippen LogP contribution in [-0.2, 0) is 43.4 Å². The van der Waals surface area contributed by atoms with E-state index in [0.717, 1.165) is 52.1 Å². The number of nitrogens with one attached hydrogen (secondary N) is 3. The Labute approximate surface area is 322 Å². The molecule has 54 heavy (non-hydrogen) atoms. The van der Waals surface area contributed by atoms with Crippen LogP contribution in [0.4, 0.5) is 0 Å². The van der Waals surface area contributed by atoms with Crippen molar-refractivity contribution in [3.05, 3.63) is 76.4 Å². The summed E-state index contributed by atoms with van der Waals surface area (Å²) < 4.78 is 6.08. The molecular formula is C40H57N7O6S. The quantitative estimate of drug-likeness (QED) is 0.0935. The van der Waals surface area contributed by atoms with E-state index < -0.39 is 24.1 Å². The standard InChI is InChI=1S/C40H57N7O6S/c1-26-37(54-24-45-26)30-15-13-29(14-16-30)21-44-39(52)33-19-31(48)22-47(33)25-53-23-34(40(2,3)4)46-36(50)8-6-5-7-27-9-11-28(12-10-27)20-43-38(51)32(41)17-18-35(42)49/h9-16,24,31-34,48H,5-8,17-23,25,41H2,1-4H3,(H2,42,49)(H,43,51)(H,44,52)(H,46,50)/t31-,32+,33+,34-/m1/s1. The zero-order valence-electron chi connectivity index (χ0n) is 31.9. The number of nitrogens with zero attached hydrogens (tertiary/aromatic N) is 2. The topological polar surface area (TPSA) is 202 Å². The molecule has 0 aliphatic carbocycles. The van der Waals surface area contributed by atoms with E-state index in [1.165, 1.54) is 0 Å². The van der Waals surface area contributed by atoms with Crippen molar-refractivity contribution in [1.82, 2.24) is 25.8 Å². The molecule has 1 aliphatic heterocycles. The van der Waals surface area contributed by atoms with E-state index in [9.17, 15) is 24.3 Å². The van der Waals surface area contributed by atoms with E-state index in [1.807, 2.05) is 65.9 Å². The molecule has 0 radical (unpaired) electrons. The predicted molar refractivity (Wildman–Crippen MR) is 210 cm³/mol. The largest absolute Gasteiger partial charge is 0.392 e. The molecule has 8 N–H and O–H groups in total. The number of aliphatic hydroxyl groups is 1. The first kappa shape index (κ1) is 42.5.